The van der Waals surface area contributed by atoms with Gasteiger partial charge in [-0.3, -0.25) is 9.59 Å². The summed E-state index contributed by atoms with van der Waals surface area (Å²) in [5.74, 6) is -0.245. The second-order valence-electron chi connectivity index (χ2n) is 8.39. The van der Waals surface area contributed by atoms with Gasteiger partial charge in [0.25, 0.3) is 10.0 Å². The van der Waals surface area contributed by atoms with E-state index >= 15 is 0 Å². The van der Waals surface area contributed by atoms with Crippen molar-refractivity contribution in [1.82, 2.24) is 9.21 Å². The van der Waals surface area contributed by atoms with Crippen LogP contribution in [0.1, 0.15) is 50.0 Å². The maximum Gasteiger partial charge on any atom is 0.311 e. The number of esters is 1. The fraction of sp³-hybridized carbons (Fsp3) is 0.500. The predicted molar refractivity (Wildman–Crippen MR) is 124 cm³/mol. The van der Waals surface area contributed by atoms with Gasteiger partial charge in [-0.25, -0.2) is 12.7 Å². The van der Waals surface area contributed by atoms with E-state index in [4.69, 9.17) is 13.9 Å². The summed E-state index contributed by atoms with van der Waals surface area (Å²) in [5.41, 5.74) is 0.758. The number of amides is 1. The zero-order valence-corrected chi connectivity index (χ0v) is 20.8. The summed E-state index contributed by atoms with van der Waals surface area (Å²) in [6.45, 7) is 2.37. The lowest BCUT2D eigenvalue weighted by Gasteiger charge is -2.40. The molecule has 0 bridgehead atoms. The lowest BCUT2D eigenvalue weighted by Crippen LogP contribution is -2.46. The van der Waals surface area contributed by atoms with Gasteiger partial charge in [0.05, 0.1) is 19.1 Å². The van der Waals surface area contributed by atoms with Crippen molar-refractivity contribution in [3.8, 4) is 5.75 Å². The summed E-state index contributed by atoms with van der Waals surface area (Å²) in [7, 11) is 0.651. The minimum atomic E-state index is -3.72. The van der Waals surface area contributed by atoms with Crippen LogP contribution in [0, 0.1) is 5.92 Å². The molecule has 34 heavy (non-hydrogen) atoms. The third-order valence-electron chi connectivity index (χ3n) is 5.95. The summed E-state index contributed by atoms with van der Waals surface area (Å²) in [6, 6.07) is 9.66. The Bertz CT molecular complexity index is 1110. The Balaban J connectivity index is 1.83. The molecule has 0 saturated carbocycles. The number of furan rings is 1. The summed E-state index contributed by atoms with van der Waals surface area (Å²) < 4.78 is 42.0. The monoisotopic (exact) mass is 492 g/mol. The molecule has 0 aliphatic carbocycles. The van der Waals surface area contributed by atoms with Crippen LogP contribution >= 0.6 is 0 Å². The average Bonchev–Trinajstić information content (AvgIpc) is 3.31. The number of carbonyl (C=O) groups is 2. The SMILES string of the molecule is CCCCN1C(=O)CCC(C(=O)OCc2ccc(S(=O)(=O)N(C)C)o2)C1c1ccccc1OC. The molecule has 1 fully saturated rings. The molecule has 1 aliphatic rings. The third kappa shape index (κ3) is 5.44. The number of piperidine rings is 1. The van der Waals surface area contributed by atoms with Crippen LogP contribution in [-0.4, -0.2) is 57.2 Å². The van der Waals surface area contributed by atoms with E-state index in [1.165, 1.54) is 26.2 Å². The Hall–Kier alpha value is -2.85. The third-order valence-corrected chi connectivity index (χ3v) is 7.64. The normalized spacial score (nSPS) is 18.9. The van der Waals surface area contributed by atoms with Crippen LogP contribution in [0.2, 0.25) is 0 Å². The van der Waals surface area contributed by atoms with Gasteiger partial charge in [-0.1, -0.05) is 31.5 Å². The van der Waals surface area contributed by atoms with E-state index in [0.29, 0.717) is 18.7 Å². The largest absolute Gasteiger partial charge is 0.496 e. The molecule has 2 atom stereocenters. The van der Waals surface area contributed by atoms with Crippen molar-refractivity contribution in [3.05, 3.63) is 47.7 Å². The molecular weight excluding hydrogens is 460 g/mol. The highest BCUT2D eigenvalue weighted by molar-refractivity contribution is 7.88. The molecule has 1 aromatic heterocycles. The lowest BCUT2D eigenvalue weighted by atomic mass is 9.83. The molecule has 0 N–H and O–H groups in total. The zero-order chi connectivity index (χ0) is 24.9. The van der Waals surface area contributed by atoms with E-state index in [1.54, 1.807) is 12.0 Å². The van der Waals surface area contributed by atoms with E-state index in [0.717, 1.165) is 22.7 Å². The van der Waals surface area contributed by atoms with Gasteiger partial charge in [0, 0.05) is 32.6 Å². The molecular formula is C24H32N2O7S. The number of hydrogen-bond acceptors (Lipinski definition) is 7. The van der Waals surface area contributed by atoms with Crippen molar-refractivity contribution < 1.29 is 31.9 Å². The Morgan fingerprint density at radius 1 is 1.21 bits per heavy atom. The molecule has 1 saturated heterocycles. The smallest absolute Gasteiger partial charge is 0.311 e. The molecule has 1 aromatic carbocycles. The van der Waals surface area contributed by atoms with E-state index in [1.807, 2.05) is 31.2 Å². The van der Waals surface area contributed by atoms with Crippen molar-refractivity contribution >= 4 is 21.9 Å². The summed E-state index contributed by atoms with van der Waals surface area (Å²) in [5, 5.41) is -0.218. The molecule has 0 spiro atoms. The first-order valence-electron chi connectivity index (χ1n) is 11.3. The van der Waals surface area contributed by atoms with E-state index < -0.39 is 28.0 Å². The second-order valence-corrected chi connectivity index (χ2v) is 10.5. The molecule has 186 valence electrons. The number of nitrogens with zero attached hydrogens (tertiary/aromatic N) is 2. The Kier molecular flexibility index (Phi) is 8.37. The van der Waals surface area contributed by atoms with E-state index in [-0.39, 0.29) is 29.8 Å². The van der Waals surface area contributed by atoms with E-state index in [9.17, 15) is 18.0 Å². The Labute approximate surface area is 200 Å². The number of carbonyl (C=O) groups excluding carboxylic acids is 2. The highest BCUT2D eigenvalue weighted by Gasteiger charge is 2.42. The van der Waals surface area contributed by atoms with Gasteiger partial charge < -0.3 is 18.8 Å². The number of sulfonamides is 1. The van der Waals surface area contributed by atoms with E-state index in [2.05, 4.69) is 0 Å². The summed E-state index contributed by atoms with van der Waals surface area (Å²) >= 11 is 0. The van der Waals surface area contributed by atoms with Crippen LogP contribution in [0.5, 0.6) is 5.75 Å². The van der Waals surface area contributed by atoms with Gasteiger partial charge in [0.1, 0.15) is 18.1 Å². The van der Waals surface area contributed by atoms with Crippen molar-refractivity contribution in [1.29, 1.82) is 0 Å². The fourth-order valence-electron chi connectivity index (χ4n) is 4.09. The molecule has 0 radical (unpaired) electrons. The first-order valence-corrected chi connectivity index (χ1v) is 12.7. The van der Waals surface area contributed by atoms with Gasteiger partial charge in [0.2, 0.25) is 11.0 Å². The van der Waals surface area contributed by atoms with Crippen LogP contribution in [0.3, 0.4) is 0 Å². The predicted octanol–water partition coefficient (Wildman–Crippen LogP) is 3.36. The number of likely N-dealkylation sites (tertiary alicyclic amines) is 1. The van der Waals surface area contributed by atoms with Crippen LogP contribution in [0.15, 0.2) is 45.9 Å². The first-order chi connectivity index (χ1) is 16.2. The fourth-order valence-corrected chi connectivity index (χ4v) is 4.90. The molecule has 9 nitrogen and oxygen atoms in total. The number of para-hydroxylation sites is 1. The number of unbranched alkanes of at least 4 members (excludes halogenated alkanes) is 1. The van der Waals surface area contributed by atoms with Crippen LogP contribution < -0.4 is 4.74 Å². The number of hydrogen-bond donors (Lipinski definition) is 0. The molecule has 10 heteroatoms. The first kappa shape index (κ1) is 25.8. The standard InChI is InChI=1S/C24H32N2O7S/c1-5-6-15-26-21(27)13-12-19(23(26)18-9-7-8-10-20(18)31-4)24(28)32-16-17-11-14-22(33-17)34(29,30)25(2)3/h7-11,14,19,23H,5-6,12-13,15-16H2,1-4H3. The van der Waals surface area contributed by atoms with Gasteiger partial charge >= 0.3 is 5.97 Å². The summed E-state index contributed by atoms with van der Waals surface area (Å²) in [6.07, 6.45) is 2.32. The quantitative estimate of drug-likeness (QED) is 0.468. The molecule has 2 heterocycles. The molecule has 1 aliphatic heterocycles. The van der Waals surface area contributed by atoms with Crippen LogP contribution in [0.4, 0.5) is 0 Å². The Morgan fingerprint density at radius 2 is 1.94 bits per heavy atom. The lowest BCUT2D eigenvalue weighted by molar-refractivity contribution is -0.158. The molecule has 3 rings (SSSR count). The number of methoxy groups -OCH3 is 1. The molecule has 2 unspecified atom stereocenters. The minimum Gasteiger partial charge on any atom is -0.496 e. The molecule has 1 amide bonds. The van der Waals surface area contributed by atoms with Gasteiger partial charge in [-0.15, -0.1) is 0 Å². The highest BCUT2D eigenvalue weighted by Crippen LogP contribution is 2.41. The number of rotatable bonds is 10. The van der Waals surface area contributed by atoms with Crippen molar-refractivity contribution in [2.75, 3.05) is 27.7 Å². The van der Waals surface area contributed by atoms with Gasteiger partial charge in [-0.2, -0.15) is 0 Å². The Morgan fingerprint density at radius 3 is 2.62 bits per heavy atom. The maximum atomic E-state index is 13.2. The topological polar surface area (TPSA) is 106 Å². The van der Waals surface area contributed by atoms with Crippen LogP contribution in [-0.2, 0) is 31.0 Å². The van der Waals surface area contributed by atoms with Crippen molar-refractivity contribution in [2.45, 2.75) is 50.3 Å². The van der Waals surface area contributed by atoms with Gasteiger partial charge in [-0.05, 0) is 31.0 Å². The maximum absolute atomic E-state index is 13.2. The zero-order valence-electron chi connectivity index (χ0n) is 20.0. The molecule has 2 aromatic rings. The van der Waals surface area contributed by atoms with Crippen LogP contribution in [0.25, 0.3) is 0 Å². The number of benzene rings is 1. The summed E-state index contributed by atoms with van der Waals surface area (Å²) in [4.78, 5) is 27.8. The average molecular weight is 493 g/mol. The number of ether oxygens (including phenoxy) is 2. The highest BCUT2D eigenvalue weighted by atomic mass is 32.2. The second kappa shape index (κ2) is 11.1. The van der Waals surface area contributed by atoms with Gasteiger partial charge in [0.15, 0.2) is 0 Å². The van der Waals surface area contributed by atoms with Crippen molar-refractivity contribution in [3.63, 3.8) is 0 Å². The minimum absolute atomic E-state index is 0.00188. The van der Waals surface area contributed by atoms with Crippen molar-refractivity contribution in [2.24, 2.45) is 5.92 Å².